The minimum Gasteiger partial charge on any atom is -0.361 e. The van der Waals surface area contributed by atoms with E-state index < -0.39 is 0 Å². The second-order valence-corrected chi connectivity index (χ2v) is 5.52. The highest BCUT2D eigenvalue weighted by atomic mass is 16.5. The number of pyridine rings is 1. The number of nitrogens with zero attached hydrogens (tertiary/aromatic N) is 3. The van der Waals surface area contributed by atoms with Gasteiger partial charge in [0.1, 0.15) is 0 Å². The average Bonchev–Trinajstić information content (AvgIpc) is 3.30. The van der Waals surface area contributed by atoms with E-state index in [4.69, 9.17) is 4.52 Å². The highest BCUT2D eigenvalue weighted by Gasteiger charge is 2.15. The third kappa shape index (κ3) is 3.12. The number of carbonyl (C=O) groups excluding carboxylic acids is 1. The maximum Gasteiger partial charge on any atom is 0.316 e. The molecule has 3 heterocycles. The Morgan fingerprint density at radius 2 is 2.00 bits per heavy atom. The summed E-state index contributed by atoms with van der Waals surface area (Å²) in [5.74, 6) is -0.0671. The van der Waals surface area contributed by atoms with Crippen LogP contribution in [0, 0.1) is 0 Å². The number of aromatic nitrogens is 4. The fourth-order valence-corrected chi connectivity index (χ4v) is 2.66. The quantitative estimate of drug-likeness (QED) is 0.585. The molecule has 4 rings (SSSR count). The van der Waals surface area contributed by atoms with Crippen LogP contribution in [0.1, 0.15) is 16.2 Å². The van der Waals surface area contributed by atoms with Gasteiger partial charge in [0.2, 0.25) is 5.82 Å². The zero-order chi connectivity index (χ0) is 17.1. The van der Waals surface area contributed by atoms with Gasteiger partial charge in [-0.3, -0.25) is 9.78 Å². The molecule has 0 radical (unpaired) electrons. The molecule has 25 heavy (non-hydrogen) atoms. The van der Waals surface area contributed by atoms with Crippen LogP contribution in [0.3, 0.4) is 0 Å². The van der Waals surface area contributed by atoms with Crippen LogP contribution in [0.4, 0.5) is 0 Å². The summed E-state index contributed by atoms with van der Waals surface area (Å²) in [6.45, 7) is 0.480. The number of benzene rings is 1. The average molecular weight is 333 g/mol. The zero-order valence-corrected chi connectivity index (χ0v) is 13.3. The standard InChI is InChI=1S/C18H15N5O2/c24-17(18-22-16(23-25-18)12-5-8-19-9-6-12)20-10-7-13-11-21-15-4-2-1-3-14(13)15/h1-6,8-9,11,21H,7,10H2,(H,20,24). The van der Waals surface area contributed by atoms with Crippen molar-refractivity contribution in [2.24, 2.45) is 0 Å². The number of fused-ring (bicyclic) bond motifs is 1. The Kier molecular flexibility index (Phi) is 3.96. The van der Waals surface area contributed by atoms with Gasteiger partial charge in [-0.05, 0) is 30.2 Å². The van der Waals surface area contributed by atoms with Gasteiger partial charge in [0.05, 0.1) is 0 Å². The number of hydrogen-bond acceptors (Lipinski definition) is 5. The minimum absolute atomic E-state index is 0.0502. The molecule has 0 saturated heterocycles. The number of amides is 1. The van der Waals surface area contributed by atoms with E-state index >= 15 is 0 Å². The zero-order valence-electron chi connectivity index (χ0n) is 13.3. The van der Waals surface area contributed by atoms with Crippen LogP contribution < -0.4 is 5.32 Å². The Morgan fingerprint density at radius 1 is 1.16 bits per heavy atom. The van der Waals surface area contributed by atoms with Crippen molar-refractivity contribution >= 4 is 16.8 Å². The van der Waals surface area contributed by atoms with Gasteiger partial charge in [0, 0.05) is 41.6 Å². The minimum atomic E-state index is -0.382. The molecule has 0 fully saturated rings. The van der Waals surface area contributed by atoms with Crippen molar-refractivity contribution in [3.05, 3.63) is 66.4 Å². The number of carbonyl (C=O) groups is 1. The Hall–Kier alpha value is -3.48. The van der Waals surface area contributed by atoms with E-state index in [9.17, 15) is 4.79 Å². The second-order valence-electron chi connectivity index (χ2n) is 5.52. The van der Waals surface area contributed by atoms with E-state index in [1.54, 1.807) is 24.5 Å². The topological polar surface area (TPSA) is 96.7 Å². The molecular weight excluding hydrogens is 318 g/mol. The predicted molar refractivity (Wildman–Crippen MR) is 91.9 cm³/mol. The third-order valence-electron chi connectivity index (χ3n) is 3.91. The fraction of sp³-hybridized carbons (Fsp3) is 0.111. The predicted octanol–water partition coefficient (Wildman–Crippen LogP) is 2.59. The number of para-hydroxylation sites is 1. The summed E-state index contributed by atoms with van der Waals surface area (Å²) in [5.41, 5.74) is 2.98. The van der Waals surface area contributed by atoms with Crippen LogP contribution in [0.5, 0.6) is 0 Å². The maximum atomic E-state index is 12.2. The number of rotatable bonds is 5. The molecule has 0 aliphatic heterocycles. The van der Waals surface area contributed by atoms with E-state index in [1.165, 1.54) is 0 Å². The lowest BCUT2D eigenvalue weighted by atomic mass is 10.1. The second kappa shape index (κ2) is 6.56. The van der Waals surface area contributed by atoms with Crippen LogP contribution >= 0.6 is 0 Å². The van der Waals surface area contributed by atoms with Gasteiger partial charge in [-0.15, -0.1) is 0 Å². The van der Waals surface area contributed by atoms with Crippen molar-refractivity contribution in [1.29, 1.82) is 0 Å². The van der Waals surface area contributed by atoms with E-state index in [1.807, 2.05) is 24.4 Å². The first-order valence-corrected chi connectivity index (χ1v) is 7.88. The Balaban J connectivity index is 1.39. The summed E-state index contributed by atoms with van der Waals surface area (Å²) in [6.07, 6.45) is 5.94. The largest absolute Gasteiger partial charge is 0.361 e. The van der Waals surface area contributed by atoms with Crippen LogP contribution in [-0.4, -0.2) is 32.6 Å². The third-order valence-corrected chi connectivity index (χ3v) is 3.91. The molecule has 0 unspecified atom stereocenters. The monoisotopic (exact) mass is 333 g/mol. The lowest BCUT2D eigenvalue weighted by Gasteiger charge is -2.01. The lowest BCUT2D eigenvalue weighted by molar-refractivity contribution is 0.0910. The molecule has 124 valence electrons. The van der Waals surface area contributed by atoms with Gasteiger partial charge in [-0.25, -0.2) is 0 Å². The molecule has 1 amide bonds. The molecule has 7 nitrogen and oxygen atoms in total. The summed E-state index contributed by atoms with van der Waals surface area (Å²) in [5, 5.41) is 7.79. The SMILES string of the molecule is O=C(NCCc1c[nH]c2ccccc12)c1nc(-c2ccncc2)no1. The van der Waals surface area contributed by atoms with Gasteiger partial charge in [0.25, 0.3) is 0 Å². The van der Waals surface area contributed by atoms with Gasteiger partial charge in [-0.1, -0.05) is 23.4 Å². The van der Waals surface area contributed by atoms with Crippen LogP contribution in [0.15, 0.2) is 59.5 Å². The summed E-state index contributed by atoms with van der Waals surface area (Å²) in [7, 11) is 0. The first kappa shape index (κ1) is 15.1. The fourth-order valence-electron chi connectivity index (χ4n) is 2.66. The molecule has 1 aromatic carbocycles. The van der Waals surface area contributed by atoms with Crippen molar-refractivity contribution in [3.63, 3.8) is 0 Å². The normalized spacial score (nSPS) is 10.9. The molecular formula is C18H15N5O2. The number of H-pyrrole nitrogens is 1. The summed E-state index contributed by atoms with van der Waals surface area (Å²) >= 11 is 0. The van der Waals surface area contributed by atoms with E-state index in [0.717, 1.165) is 22.0 Å². The van der Waals surface area contributed by atoms with Crippen molar-refractivity contribution in [2.45, 2.75) is 6.42 Å². The molecule has 2 N–H and O–H groups in total. The Labute approximate surface area is 143 Å². The van der Waals surface area contributed by atoms with Crippen molar-refractivity contribution in [2.75, 3.05) is 6.54 Å². The lowest BCUT2D eigenvalue weighted by Crippen LogP contribution is -2.25. The van der Waals surface area contributed by atoms with Crippen LogP contribution in [0.2, 0.25) is 0 Å². The molecule has 3 aromatic heterocycles. The molecule has 0 spiro atoms. The highest BCUT2D eigenvalue weighted by Crippen LogP contribution is 2.18. The smallest absolute Gasteiger partial charge is 0.316 e. The van der Waals surface area contributed by atoms with Gasteiger partial charge >= 0.3 is 11.8 Å². The maximum absolute atomic E-state index is 12.2. The van der Waals surface area contributed by atoms with E-state index in [0.29, 0.717) is 18.8 Å². The molecule has 4 aromatic rings. The van der Waals surface area contributed by atoms with Crippen LogP contribution in [0.25, 0.3) is 22.3 Å². The van der Waals surface area contributed by atoms with Gasteiger partial charge in [0.15, 0.2) is 0 Å². The van der Waals surface area contributed by atoms with Crippen LogP contribution in [-0.2, 0) is 6.42 Å². The molecule has 0 saturated carbocycles. The summed E-state index contributed by atoms with van der Waals surface area (Å²) in [6, 6.07) is 11.6. The van der Waals surface area contributed by atoms with E-state index in [2.05, 4.69) is 31.5 Å². The molecule has 0 atom stereocenters. The van der Waals surface area contributed by atoms with Crippen molar-refractivity contribution < 1.29 is 9.32 Å². The van der Waals surface area contributed by atoms with E-state index in [-0.39, 0.29) is 11.8 Å². The Bertz CT molecular complexity index is 1010. The number of hydrogen-bond donors (Lipinski definition) is 2. The first-order valence-electron chi connectivity index (χ1n) is 7.88. The van der Waals surface area contributed by atoms with Crippen molar-refractivity contribution in [1.82, 2.24) is 25.4 Å². The Morgan fingerprint density at radius 3 is 2.88 bits per heavy atom. The first-order chi connectivity index (χ1) is 12.3. The summed E-state index contributed by atoms with van der Waals surface area (Å²) in [4.78, 5) is 23.4. The molecule has 0 aliphatic carbocycles. The number of nitrogens with one attached hydrogen (secondary N) is 2. The molecule has 7 heteroatoms. The van der Waals surface area contributed by atoms with Gasteiger partial charge < -0.3 is 14.8 Å². The highest BCUT2D eigenvalue weighted by molar-refractivity contribution is 5.90. The molecule has 0 bridgehead atoms. The number of aromatic amines is 1. The van der Waals surface area contributed by atoms with Crippen molar-refractivity contribution in [3.8, 4) is 11.4 Å². The summed E-state index contributed by atoms with van der Waals surface area (Å²) < 4.78 is 5.04. The van der Waals surface area contributed by atoms with Gasteiger partial charge in [-0.2, -0.15) is 4.98 Å². The molecule has 0 aliphatic rings.